The average molecular weight is 269 g/mol. The van der Waals surface area contributed by atoms with E-state index in [-0.39, 0.29) is 6.10 Å². The van der Waals surface area contributed by atoms with E-state index in [9.17, 15) is 5.11 Å². The van der Waals surface area contributed by atoms with Gasteiger partial charge in [-0.15, -0.1) is 0 Å². The number of benzene rings is 2. The largest absolute Gasteiger partial charge is 0.393 e. The second kappa shape index (κ2) is 7.83. The maximum atomic E-state index is 9.82. The van der Waals surface area contributed by atoms with Gasteiger partial charge in [-0.1, -0.05) is 54.6 Å². The third-order valence-electron chi connectivity index (χ3n) is 3.57. The van der Waals surface area contributed by atoms with Crippen molar-refractivity contribution in [3.8, 4) is 11.1 Å². The minimum absolute atomic E-state index is 0.229. The van der Waals surface area contributed by atoms with E-state index in [1.807, 2.05) is 6.07 Å². The maximum Gasteiger partial charge on any atom is 0.0543 e. The standard InChI is InChI=1S/C18H23NO/c19-14-4-7-18(20)13-10-15-8-11-17(12-9-15)16-5-2-1-3-6-16/h1-3,5-6,8-9,11-12,18,20H,4,7,10,13-14,19H2. The number of hydrogen-bond acceptors (Lipinski definition) is 2. The molecule has 0 bridgehead atoms. The lowest BCUT2D eigenvalue weighted by Gasteiger charge is -2.10. The second-order valence-electron chi connectivity index (χ2n) is 5.19. The molecule has 0 saturated carbocycles. The van der Waals surface area contributed by atoms with Crippen LogP contribution >= 0.6 is 0 Å². The third kappa shape index (κ3) is 4.48. The normalized spacial score (nSPS) is 12.3. The quantitative estimate of drug-likeness (QED) is 0.809. The van der Waals surface area contributed by atoms with Crippen LogP contribution in [0.15, 0.2) is 54.6 Å². The van der Waals surface area contributed by atoms with Gasteiger partial charge in [0.1, 0.15) is 0 Å². The summed E-state index contributed by atoms with van der Waals surface area (Å²) in [4.78, 5) is 0. The zero-order chi connectivity index (χ0) is 14.2. The summed E-state index contributed by atoms with van der Waals surface area (Å²) < 4.78 is 0. The van der Waals surface area contributed by atoms with E-state index in [2.05, 4.69) is 48.5 Å². The van der Waals surface area contributed by atoms with Crippen LogP contribution in [-0.2, 0) is 6.42 Å². The molecule has 3 N–H and O–H groups in total. The zero-order valence-electron chi connectivity index (χ0n) is 11.8. The third-order valence-corrected chi connectivity index (χ3v) is 3.57. The lowest BCUT2D eigenvalue weighted by Crippen LogP contribution is -2.10. The molecule has 0 spiro atoms. The monoisotopic (exact) mass is 269 g/mol. The first-order valence-electron chi connectivity index (χ1n) is 7.32. The van der Waals surface area contributed by atoms with Crippen molar-refractivity contribution in [2.75, 3.05) is 6.54 Å². The molecular formula is C18H23NO. The number of aliphatic hydroxyl groups excluding tert-OH is 1. The Hall–Kier alpha value is -1.64. The van der Waals surface area contributed by atoms with Crippen LogP contribution in [0.25, 0.3) is 11.1 Å². The molecule has 0 radical (unpaired) electrons. The van der Waals surface area contributed by atoms with Gasteiger partial charge in [0.05, 0.1) is 6.10 Å². The summed E-state index contributed by atoms with van der Waals surface area (Å²) in [7, 11) is 0. The van der Waals surface area contributed by atoms with Crippen molar-refractivity contribution in [2.24, 2.45) is 5.73 Å². The molecule has 0 saturated heterocycles. The van der Waals surface area contributed by atoms with Gasteiger partial charge in [-0.3, -0.25) is 0 Å². The molecule has 2 nitrogen and oxygen atoms in total. The average Bonchev–Trinajstić information content (AvgIpc) is 2.52. The van der Waals surface area contributed by atoms with Gasteiger partial charge >= 0.3 is 0 Å². The van der Waals surface area contributed by atoms with E-state index in [4.69, 9.17) is 5.73 Å². The first kappa shape index (κ1) is 14.8. The van der Waals surface area contributed by atoms with Crippen LogP contribution in [-0.4, -0.2) is 17.8 Å². The second-order valence-corrected chi connectivity index (χ2v) is 5.19. The van der Waals surface area contributed by atoms with Crippen LogP contribution in [0.3, 0.4) is 0 Å². The number of aliphatic hydroxyl groups is 1. The Balaban J connectivity index is 1.89. The summed E-state index contributed by atoms with van der Waals surface area (Å²) in [6, 6.07) is 19.0. The highest BCUT2D eigenvalue weighted by molar-refractivity contribution is 5.63. The summed E-state index contributed by atoms with van der Waals surface area (Å²) in [6.07, 6.45) is 3.20. The van der Waals surface area contributed by atoms with Crippen molar-refractivity contribution >= 4 is 0 Å². The number of aryl methyl sites for hydroxylation is 1. The van der Waals surface area contributed by atoms with E-state index in [1.165, 1.54) is 16.7 Å². The Kier molecular flexibility index (Phi) is 5.78. The van der Waals surface area contributed by atoms with Crippen LogP contribution in [0.1, 0.15) is 24.8 Å². The first-order chi connectivity index (χ1) is 9.79. The van der Waals surface area contributed by atoms with Crippen LogP contribution in [0.2, 0.25) is 0 Å². The first-order valence-corrected chi connectivity index (χ1v) is 7.32. The molecule has 0 aliphatic carbocycles. The summed E-state index contributed by atoms with van der Waals surface area (Å²) in [5.74, 6) is 0. The van der Waals surface area contributed by atoms with E-state index in [1.54, 1.807) is 0 Å². The van der Waals surface area contributed by atoms with E-state index in [0.717, 1.165) is 25.7 Å². The van der Waals surface area contributed by atoms with Gasteiger partial charge in [-0.2, -0.15) is 0 Å². The fourth-order valence-corrected chi connectivity index (χ4v) is 2.33. The van der Waals surface area contributed by atoms with Gasteiger partial charge in [0, 0.05) is 0 Å². The summed E-state index contributed by atoms with van der Waals surface area (Å²) in [5, 5.41) is 9.82. The van der Waals surface area contributed by atoms with E-state index < -0.39 is 0 Å². The molecule has 1 atom stereocenters. The summed E-state index contributed by atoms with van der Waals surface area (Å²) >= 11 is 0. The SMILES string of the molecule is NCCCC(O)CCc1ccc(-c2ccccc2)cc1. The van der Waals surface area contributed by atoms with Crippen molar-refractivity contribution in [3.05, 3.63) is 60.2 Å². The fourth-order valence-electron chi connectivity index (χ4n) is 2.33. The minimum Gasteiger partial charge on any atom is -0.393 e. The molecule has 2 heteroatoms. The Bertz CT molecular complexity index is 493. The molecule has 20 heavy (non-hydrogen) atoms. The Morgan fingerprint density at radius 3 is 2.15 bits per heavy atom. The predicted octanol–water partition coefficient (Wildman–Crippen LogP) is 3.39. The molecule has 106 valence electrons. The number of rotatable bonds is 7. The highest BCUT2D eigenvalue weighted by atomic mass is 16.3. The molecule has 2 aromatic rings. The molecule has 2 rings (SSSR count). The molecule has 0 aromatic heterocycles. The molecule has 0 amide bonds. The van der Waals surface area contributed by atoms with Crippen molar-refractivity contribution in [2.45, 2.75) is 31.8 Å². The molecule has 0 aliphatic heterocycles. The van der Waals surface area contributed by atoms with E-state index in [0.29, 0.717) is 6.54 Å². The maximum absolute atomic E-state index is 9.82. The molecule has 0 heterocycles. The molecule has 1 unspecified atom stereocenters. The Labute approximate surface area is 121 Å². The van der Waals surface area contributed by atoms with Crippen LogP contribution < -0.4 is 5.73 Å². The molecule has 0 fully saturated rings. The molecule has 2 aromatic carbocycles. The fraction of sp³-hybridized carbons (Fsp3) is 0.333. The van der Waals surface area contributed by atoms with Crippen LogP contribution in [0, 0.1) is 0 Å². The van der Waals surface area contributed by atoms with Crippen LogP contribution in [0.4, 0.5) is 0 Å². The lowest BCUT2D eigenvalue weighted by molar-refractivity contribution is 0.153. The predicted molar refractivity (Wildman–Crippen MR) is 84.5 cm³/mol. The van der Waals surface area contributed by atoms with Gasteiger partial charge in [-0.25, -0.2) is 0 Å². The zero-order valence-corrected chi connectivity index (χ0v) is 11.8. The van der Waals surface area contributed by atoms with Gasteiger partial charge < -0.3 is 10.8 Å². The van der Waals surface area contributed by atoms with Gasteiger partial charge in [0.25, 0.3) is 0 Å². The number of hydrogen-bond donors (Lipinski definition) is 2. The van der Waals surface area contributed by atoms with Gasteiger partial charge in [0.2, 0.25) is 0 Å². The van der Waals surface area contributed by atoms with Crippen molar-refractivity contribution in [1.29, 1.82) is 0 Å². The van der Waals surface area contributed by atoms with Gasteiger partial charge in [0.15, 0.2) is 0 Å². The topological polar surface area (TPSA) is 46.2 Å². The Morgan fingerprint density at radius 2 is 1.50 bits per heavy atom. The van der Waals surface area contributed by atoms with Crippen molar-refractivity contribution in [1.82, 2.24) is 0 Å². The minimum atomic E-state index is -0.229. The smallest absolute Gasteiger partial charge is 0.0543 e. The molecule has 0 aliphatic rings. The summed E-state index contributed by atoms with van der Waals surface area (Å²) in [6.45, 7) is 0.656. The van der Waals surface area contributed by atoms with Crippen molar-refractivity contribution < 1.29 is 5.11 Å². The van der Waals surface area contributed by atoms with E-state index >= 15 is 0 Å². The molecular weight excluding hydrogens is 246 g/mol. The lowest BCUT2D eigenvalue weighted by atomic mass is 10.0. The summed E-state index contributed by atoms with van der Waals surface area (Å²) in [5.41, 5.74) is 9.19. The van der Waals surface area contributed by atoms with Crippen molar-refractivity contribution in [3.63, 3.8) is 0 Å². The van der Waals surface area contributed by atoms with Gasteiger partial charge in [-0.05, 0) is 48.9 Å². The Morgan fingerprint density at radius 1 is 0.850 bits per heavy atom. The highest BCUT2D eigenvalue weighted by Gasteiger charge is 2.04. The van der Waals surface area contributed by atoms with Crippen LogP contribution in [0.5, 0.6) is 0 Å². The number of nitrogens with two attached hydrogens (primary N) is 1. The highest BCUT2D eigenvalue weighted by Crippen LogP contribution is 2.20.